The highest BCUT2D eigenvalue weighted by atomic mass is 16.5. The van der Waals surface area contributed by atoms with Crippen LogP contribution in [0, 0.1) is 6.92 Å². The van der Waals surface area contributed by atoms with Crippen LogP contribution in [0.1, 0.15) is 48.0 Å². The van der Waals surface area contributed by atoms with Crippen LogP contribution in [0.4, 0.5) is 0 Å². The first-order chi connectivity index (χ1) is 10.2. The second kappa shape index (κ2) is 4.99. The standard InChI is InChI=1S/C18H22N2O/c1-12-3-5-13(6-4-12)15-11-14-7-8-16(20(14)2)18(15)17-9-10-19-21-17/h3-6,9-10,14-16,18H,7-8,11H2,1-2H3/t14-,15+,16+,18-/m0/s1. The van der Waals surface area contributed by atoms with Gasteiger partial charge in [0.15, 0.2) is 0 Å². The zero-order valence-electron chi connectivity index (χ0n) is 12.7. The van der Waals surface area contributed by atoms with Crippen molar-refractivity contribution in [3.8, 4) is 0 Å². The zero-order chi connectivity index (χ0) is 14.4. The molecule has 1 aromatic heterocycles. The van der Waals surface area contributed by atoms with Crippen molar-refractivity contribution in [1.29, 1.82) is 0 Å². The molecule has 0 radical (unpaired) electrons. The van der Waals surface area contributed by atoms with E-state index in [-0.39, 0.29) is 0 Å². The third-order valence-corrected chi connectivity index (χ3v) is 5.56. The molecular formula is C18H22N2O. The summed E-state index contributed by atoms with van der Waals surface area (Å²) < 4.78 is 5.57. The Labute approximate surface area is 125 Å². The number of benzene rings is 1. The maximum absolute atomic E-state index is 5.57. The molecule has 4 rings (SSSR count). The van der Waals surface area contributed by atoms with Crippen LogP contribution in [0.2, 0.25) is 0 Å². The van der Waals surface area contributed by atoms with E-state index in [4.69, 9.17) is 4.52 Å². The van der Waals surface area contributed by atoms with Crippen molar-refractivity contribution in [2.45, 2.75) is 50.1 Å². The van der Waals surface area contributed by atoms with Crippen LogP contribution < -0.4 is 0 Å². The molecule has 0 unspecified atom stereocenters. The topological polar surface area (TPSA) is 29.3 Å². The summed E-state index contributed by atoms with van der Waals surface area (Å²) in [7, 11) is 2.27. The minimum Gasteiger partial charge on any atom is -0.361 e. The van der Waals surface area contributed by atoms with Crippen molar-refractivity contribution >= 4 is 0 Å². The summed E-state index contributed by atoms with van der Waals surface area (Å²) in [5.41, 5.74) is 2.78. The highest BCUT2D eigenvalue weighted by Gasteiger charge is 2.47. The van der Waals surface area contributed by atoms with Gasteiger partial charge in [-0.25, -0.2) is 0 Å². The van der Waals surface area contributed by atoms with Crippen molar-refractivity contribution in [2.24, 2.45) is 0 Å². The maximum atomic E-state index is 5.57. The Kier molecular flexibility index (Phi) is 3.11. The molecule has 3 nitrogen and oxygen atoms in total. The van der Waals surface area contributed by atoms with Gasteiger partial charge in [-0.2, -0.15) is 0 Å². The van der Waals surface area contributed by atoms with Crippen LogP contribution in [0.3, 0.4) is 0 Å². The van der Waals surface area contributed by atoms with Gasteiger partial charge in [-0.15, -0.1) is 0 Å². The zero-order valence-corrected chi connectivity index (χ0v) is 12.7. The summed E-state index contributed by atoms with van der Waals surface area (Å²) in [6.07, 6.45) is 5.59. The molecule has 0 N–H and O–H groups in total. The van der Waals surface area contributed by atoms with Crippen LogP contribution in [0.25, 0.3) is 0 Å². The highest BCUT2D eigenvalue weighted by Crippen LogP contribution is 2.50. The Hall–Kier alpha value is -1.61. The van der Waals surface area contributed by atoms with Gasteiger partial charge in [-0.05, 0) is 44.7 Å². The monoisotopic (exact) mass is 282 g/mol. The summed E-state index contributed by atoms with van der Waals surface area (Å²) in [5, 5.41) is 3.95. The van der Waals surface area contributed by atoms with E-state index in [1.807, 2.05) is 0 Å². The minimum atomic E-state index is 0.430. The normalized spacial score (nSPS) is 32.5. The summed E-state index contributed by atoms with van der Waals surface area (Å²) >= 11 is 0. The Morgan fingerprint density at radius 3 is 2.67 bits per heavy atom. The average Bonchev–Trinajstić information content (AvgIpc) is 3.08. The third kappa shape index (κ3) is 2.11. The molecule has 2 fully saturated rings. The van der Waals surface area contributed by atoms with E-state index in [1.54, 1.807) is 6.20 Å². The first-order valence-corrected chi connectivity index (χ1v) is 7.93. The second-order valence-corrected chi connectivity index (χ2v) is 6.66. The van der Waals surface area contributed by atoms with E-state index >= 15 is 0 Å². The van der Waals surface area contributed by atoms with Gasteiger partial charge >= 0.3 is 0 Å². The molecule has 21 heavy (non-hydrogen) atoms. The number of hydrogen-bond acceptors (Lipinski definition) is 3. The molecule has 0 aliphatic carbocycles. The molecule has 3 heterocycles. The molecular weight excluding hydrogens is 260 g/mol. The lowest BCUT2D eigenvalue weighted by atomic mass is 9.75. The van der Waals surface area contributed by atoms with Crippen molar-refractivity contribution in [1.82, 2.24) is 10.1 Å². The quantitative estimate of drug-likeness (QED) is 0.840. The fourth-order valence-corrected chi connectivity index (χ4v) is 4.41. The number of rotatable bonds is 2. The largest absolute Gasteiger partial charge is 0.361 e. The Bertz CT molecular complexity index is 605. The summed E-state index contributed by atoms with van der Waals surface area (Å²) in [4.78, 5) is 2.57. The van der Waals surface area contributed by atoms with Gasteiger partial charge in [0.1, 0.15) is 5.76 Å². The van der Waals surface area contributed by atoms with Crippen LogP contribution in [0.15, 0.2) is 41.1 Å². The molecule has 0 saturated carbocycles. The van der Waals surface area contributed by atoms with Crippen LogP contribution in [-0.4, -0.2) is 29.2 Å². The van der Waals surface area contributed by atoms with Gasteiger partial charge in [0.05, 0.1) is 6.20 Å². The van der Waals surface area contributed by atoms with Gasteiger partial charge in [0.2, 0.25) is 0 Å². The average molecular weight is 282 g/mol. The molecule has 110 valence electrons. The second-order valence-electron chi connectivity index (χ2n) is 6.66. The lowest BCUT2D eigenvalue weighted by Crippen LogP contribution is -2.44. The van der Waals surface area contributed by atoms with E-state index in [1.165, 1.54) is 30.4 Å². The van der Waals surface area contributed by atoms with Crippen molar-refractivity contribution in [3.05, 3.63) is 53.4 Å². The molecule has 3 heteroatoms. The van der Waals surface area contributed by atoms with Crippen LogP contribution >= 0.6 is 0 Å². The number of piperidine rings is 1. The molecule has 2 aliphatic heterocycles. The first kappa shape index (κ1) is 13.1. The molecule has 2 bridgehead atoms. The lowest BCUT2D eigenvalue weighted by Gasteiger charge is -2.42. The van der Waals surface area contributed by atoms with Crippen molar-refractivity contribution in [2.75, 3.05) is 7.05 Å². The number of fused-ring (bicyclic) bond motifs is 2. The molecule has 2 saturated heterocycles. The number of likely N-dealkylation sites (N-methyl/N-ethyl adjacent to an activating group) is 1. The molecule has 0 spiro atoms. The van der Waals surface area contributed by atoms with Gasteiger partial charge in [-0.1, -0.05) is 35.0 Å². The smallest absolute Gasteiger partial charge is 0.141 e. The maximum Gasteiger partial charge on any atom is 0.141 e. The summed E-state index contributed by atoms with van der Waals surface area (Å²) in [6, 6.07) is 12.4. The molecule has 2 aliphatic rings. The van der Waals surface area contributed by atoms with Gasteiger partial charge in [0.25, 0.3) is 0 Å². The van der Waals surface area contributed by atoms with E-state index < -0.39 is 0 Å². The number of nitrogens with zero attached hydrogens (tertiary/aromatic N) is 2. The van der Waals surface area contributed by atoms with Crippen molar-refractivity contribution < 1.29 is 4.52 Å². The fourth-order valence-electron chi connectivity index (χ4n) is 4.41. The predicted molar refractivity (Wildman–Crippen MR) is 82.4 cm³/mol. The van der Waals surface area contributed by atoms with Gasteiger partial charge in [-0.3, -0.25) is 4.90 Å². The van der Waals surface area contributed by atoms with E-state index in [0.717, 1.165) is 11.8 Å². The molecule has 1 aromatic carbocycles. The Morgan fingerprint density at radius 1 is 1.14 bits per heavy atom. The predicted octanol–water partition coefficient (Wildman–Crippen LogP) is 3.72. The SMILES string of the molecule is Cc1ccc([C@H]2C[C@@H]3CC[C@H]([C@H]2c2ccno2)N3C)cc1. The van der Waals surface area contributed by atoms with Gasteiger partial charge in [0, 0.05) is 24.1 Å². The minimum absolute atomic E-state index is 0.430. The van der Waals surface area contributed by atoms with Crippen LogP contribution in [-0.2, 0) is 0 Å². The summed E-state index contributed by atoms with van der Waals surface area (Å²) in [5.74, 6) is 2.03. The van der Waals surface area contributed by atoms with E-state index in [2.05, 4.69) is 54.4 Å². The third-order valence-electron chi connectivity index (χ3n) is 5.56. The molecule has 2 aromatic rings. The number of hydrogen-bond donors (Lipinski definition) is 0. The lowest BCUT2D eigenvalue weighted by molar-refractivity contribution is 0.122. The van der Waals surface area contributed by atoms with Gasteiger partial charge < -0.3 is 4.52 Å². The number of aromatic nitrogens is 1. The highest BCUT2D eigenvalue weighted by molar-refractivity contribution is 5.30. The molecule has 0 amide bonds. The summed E-state index contributed by atoms with van der Waals surface area (Å²) in [6.45, 7) is 2.15. The number of aryl methyl sites for hydroxylation is 1. The fraction of sp³-hybridized carbons (Fsp3) is 0.500. The van der Waals surface area contributed by atoms with E-state index in [9.17, 15) is 0 Å². The Balaban J connectivity index is 1.75. The Morgan fingerprint density at radius 2 is 1.95 bits per heavy atom. The van der Waals surface area contributed by atoms with Crippen molar-refractivity contribution in [3.63, 3.8) is 0 Å². The van der Waals surface area contributed by atoms with Crippen LogP contribution in [0.5, 0.6) is 0 Å². The molecule has 4 atom stereocenters. The van der Waals surface area contributed by atoms with E-state index in [0.29, 0.717) is 17.9 Å². The first-order valence-electron chi connectivity index (χ1n) is 7.93.